The summed E-state index contributed by atoms with van der Waals surface area (Å²) < 4.78 is 1.73. The molecule has 0 unspecified atom stereocenters. The van der Waals surface area contributed by atoms with Crippen LogP contribution in [-0.2, 0) is 11.4 Å². The van der Waals surface area contributed by atoms with Gasteiger partial charge in [0.1, 0.15) is 5.52 Å². The minimum Gasteiger partial charge on any atom is -0.394 e. The molecule has 0 spiro atoms. The summed E-state index contributed by atoms with van der Waals surface area (Å²) >= 11 is 0. The van der Waals surface area contributed by atoms with Crippen LogP contribution in [0.3, 0.4) is 0 Å². The third-order valence-corrected chi connectivity index (χ3v) is 5.60. The molecule has 0 atom stereocenters. The van der Waals surface area contributed by atoms with Gasteiger partial charge in [0.2, 0.25) is 5.56 Å². The summed E-state index contributed by atoms with van der Waals surface area (Å²) in [5.41, 5.74) is 8.07. The average Bonchev–Trinajstić information content (AvgIpc) is 3.26. The monoisotopic (exact) mass is 470 g/mol. The Labute approximate surface area is 199 Å². The van der Waals surface area contributed by atoms with Crippen LogP contribution in [0, 0.1) is 6.92 Å². The number of carbonyl (C=O) groups is 1. The van der Waals surface area contributed by atoms with E-state index in [2.05, 4.69) is 20.8 Å². The lowest BCUT2D eigenvalue weighted by Crippen LogP contribution is -2.25. The molecule has 10 nitrogen and oxygen atoms in total. The number of benzene rings is 2. The Kier molecular flexibility index (Phi) is 6.04. The number of hydrogen-bond acceptors (Lipinski definition) is 7. The summed E-state index contributed by atoms with van der Waals surface area (Å²) in [6.45, 7) is 2.14. The minimum atomic E-state index is -0.382. The summed E-state index contributed by atoms with van der Waals surface area (Å²) in [7, 11) is 0. The number of rotatable bonds is 7. The first-order valence-electron chi connectivity index (χ1n) is 11.0. The largest absolute Gasteiger partial charge is 0.394 e. The van der Waals surface area contributed by atoms with Gasteiger partial charge in [-0.1, -0.05) is 17.3 Å². The number of hydroxylamine groups is 1. The fraction of sp³-hybridized carbons (Fsp3) is 0.160. The molecule has 5 aromatic rings. The number of hydrogen-bond donors (Lipinski definition) is 3. The van der Waals surface area contributed by atoms with Gasteiger partial charge in [0.05, 0.1) is 25.5 Å². The number of aromatic amines is 1. The van der Waals surface area contributed by atoms with E-state index in [0.29, 0.717) is 23.3 Å². The van der Waals surface area contributed by atoms with E-state index in [1.807, 2.05) is 49.4 Å². The topological polar surface area (TPSA) is 135 Å². The summed E-state index contributed by atoms with van der Waals surface area (Å²) in [6, 6.07) is 18.3. The Balaban J connectivity index is 1.42. The van der Waals surface area contributed by atoms with Gasteiger partial charge in [-0.2, -0.15) is 0 Å². The second-order valence-electron chi connectivity index (χ2n) is 8.06. The molecule has 3 aromatic heterocycles. The number of aromatic nitrogens is 5. The molecule has 0 fully saturated rings. The van der Waals surface area contributed by atoms with Crippen LogP contribution in [0.15, 0.2) is 65.5 Å². The first-order chi connectivity index (χ1) is 17.0. The maximum atomic E-state index is 12.3. The summed E-state index contributed by atoms with van der Waals surface area (Å²) in [6.07, 6.45) is 0. The van der Waals surface area contributed by atoms with Gasteiger partial charge in [-0.25, -0.2) is 15.1 Å². The highest BCUT2D eigenvalue weighted by Gasteiger charge is 2.13. The Hall–Kier alpha value is -4.41. The molecule has 3 heterocycles. The number of nitrogens with one attached hydrogen (secondary N) is 2. The quantitative estimate of drug-likeness (QED) is 0.245. The van der Waals surface area contributed by atoms with E-state index in [-0.39, 0.29) is 24.7 Å². The smallest absolute Gasteiger partial charge is 0.275 e. The Morgan fingerprint density at radius 3 is 2.83 bits per heavy atom. The normalized spacial score (nSPS) is 11.3. The van der Waals surface area contributed by atoms with Crippen molar-refractivity contribution >= 4 is 28.0 Å². The van der Waals surface area contributed by atoms with E-state index in [0.717, 1.165) is 33.3 Å². The van der Waals surface area contributed by atoms with Crippen LogP contribution in [0.1, 0.15) is 21.5 Å². The summed E-state index contributed by atoms with van der Waals surface area (Å²) in [5, 5.41) is 18.2. The first-order valence-corrected chi connectivity index (χ1v) is 11.0. The van der Waals surface area contributed by atoms with Crippen molar-refractivity contribution in [2.24, 2.45) is 0 Å². The molecule has 5 rings (SSSR count). The lowest BCUT2D eigenvalue weighted by atomic mass is 10.0. The van der Waals surface area contributed by atoms with Gasteiger partial charge >= 0.3 is 0 Å². The molecular weight excluding hydrogens is 448 g/mol. The maximum absolute atomic E-state index is 12.3. The second kappa shape index (κ2) is 9.45. The van der Waals surface area contributed by atoms with Crippen LogP contribution in [0.2, 0.25) is 0 Å². The molecule has 0 bridgehead atoms. The molecule has 2 aromatic carbocycles. The number of aryl methyl sites for hydroxylation is 1. The third kappa shape index (κ3) is 4.65. The number of fused-ring (bicyclic) bond motifs is 2. The molecule has 0 saturated heterocycles. The molecule has 35 heavy (non-hydrogen) atoms. The van der Waals surface area contributed by atoms with Gasteiger partial charge in [-0.05, 0) is 65.9 Å². The predicted octanol–water partition coefficient (Wildman–Crippen LogP) is 2.35. The molecule has 0 aliphatic heterocycles. The lowest BCUT2D eigenvalue weighted by molar-refractivity contribution is 0.0168. The maximum Gasteiger partial charge on any atom is 0.275 e. The highest BCUT2D eigenvalue weighted by atomic mass is 16.7. The zero-order chi connectivity index (χ0) is 24.4. The van der Waals surface area contributed by atoms with Crippen LogP contribution >= 0.6 is 0 Å². The highest BCUT2D eigenvalue weighted by molar-refractivity contribution is 5.95. The number of aliphatic hydroxyl groups is 1. The summed E-state index contributed by atoms with van der Waals surface area (Å²) in [5.74, 6) is -0.382. The van der Waals surface area contributed by atoms with Crippen LogP contribution in [-0.4, -0.2) is 49.2 Å². The number of carbonyl (C=O) groups excluding carboxylic acids is 1. The Morgan fingerprint density at radius 2 is 2.00 bits per heavy atom. The number of nitrogens with zero attached hydrogens (tertiary/aromatic N) is 4. The molecular formula is C25H22N6O4. The zero-order valence-corrected chi connectivity index (χ0v) is 18.9. The van der Waals surface area contributed by atoms with Gasteiger partial charge < -0.3 is 10.1 Å². The average molecular weight is 470 g/mol. The van der Waals surface area contributed by atoms with E-state index in [1.165, 1.54) is 6.07 Å². The van der Waals surface area contributed by atoms with E-state index in [4.69, 9.17) is 14.9 Å². The van der Waals surface area contributed by atoms with Gasteiger partial charge in [-0.15, -0.1) is 5.10 Å². The van der Waals surface area contributed by atoms with Crippen molar-refractivity contribution < 1.29 is 14.7 Å². The molecule has 3 N–H and O–H groups in total. The zero-order valence-electron chi connectivity index (χ0n) is 18.9. The van der Waals surface area contributed by atoms with Crippen molar-refractivity contribution in [3.63, 3.8) is 0 Å². The Morgan fingerprint density at radius 1 is 1.11 bits per heavy atom. The van der Waals surface area contributed by atoms with Crippen molar-refractivity contribution in [1.82, 2.24) is 30.4 Å². The number of pyridine rings is 2. The summed E-state index contributed by atoms with van der Waals surface area (Å²) in [4.78, 5) is 36.3. The van der Waals surface area contributed by atoms with Crippen LogP contribution in [0.25, 0.3) is 33.3 Å². The Bertz CT molecular complexity index is 1610. The standard InChI is InChI=1S/C25H22N6O4/c1-15-12-17(3-5-19(15)25(34)29-35-11-10-32)21-7-8-22-24(27-21)31(30-28-22)14-16-2-6-20-18(13-16)4-9-23(33)26-20/h2-9,12-13,32H,10-11,14H2,1H3,(H,26,33)(H,29,34). The molecule has 1 amide bonds. The molecule has 0 aliphatic rings. The van der Waals surface area contributed by atoms with Crippen molar-refractivity contribution in [2.75, 3.05) is 13.2 Å². The predicted molar refractivity (Wildman–Crippen MR) is 130 cm³/mol. The van der Waals surface area contributed by atoms with E-state index < -0.39 is 0 Å². The second-order valence-corrected chi connectivity index (χ2v) is 8.06. The van der Waals surface area contributed by atoms with Gasteiger partial charge in [0, 0.05) is 22.7 Å². The molecule has 10 heteroatoms. The van der Waals surface area contributed by atoms with Gasteiger partial charge in [-0.3, -0.25) is 14.4 Å². The molecule has 0 radical (unpaired) electrons. The number of amides is 1. The van der Waals surface area contributed by atoms with Crippen LogP contribution in [0.5, 0.6) is 0 Å². The molecule has 0 saturated carbocycles. The first kappa shape index (κ1) is 22.4. The van der Waals surface area contributed by atoms with E-state index in [9.17, 15) is 9.59 Å². The third-order valence-electron chi connectivity index (χ3n) is 5.60. The van der Waals surface area contributed by atoms with Crippen molar-refractivity contribution in [3.8, 4) is 11.3 Å². The minimum absolute atomic E-state index is 0.0211. The van der Waals surface area contributed by atoms with Gasteiger partial charge in [0.25, 0.3) is 5.91 Å². The number of H-pyrrole nitrogens is 1. The fourth-order valence-electron chi connectivity index (χ4n) is 3.89. The SMILES string of the molecule is Cc1cc(-c2ccc3nnn(Cc4ccc5[nH]c(=O)ccc5c4)c3n2)ccc1C(=O)NOCCO. The van der Waals surface area contributed by atoms with Crippen LogP contribution < -0.4 is 11.0 Å². The lowest BCUT2D eigenvalue weighted by Gasteiger charge is -2.09. The van der Waals surface area contributed by atoms with Crippen molar-refractivity contribution in [3.05, 3.63) is 87.7 Å². The molecule has 0 aliphatic carbocycles. The van der Waals surface area contributed by atoms with Crippen molar-refractivity contribution in [1.29, 1.82) is 0 Å². The van der Waals surface area contributed by atoms with Gasteiger partial charge in [0.15, 0.2) is 5.65 Å². The van der Waals surface area contributed by atoms with E-state index in [1.54, 1.807) is 16.8 Å². The highest BCUT2D eigenvalue weighted by Crippen LogP contribution is 2.23. The molecule has 176 valence electrons. The fourth-order valence-corrected chi connectivity index (χ4v) is 3.89. The van der Waals surface area contributed by atoms with E-state index >= 15 is 0 Å². The number of aliphatic hydroxyl groups excluding tert-OH is 1. The van der Waals surface area contributed by atoms with Crippen molar-refractivity contribution in [2.45, 2.75) is 13.5 Å². The van der Waals surface area contributed by atoms with Crippen LogP contribution in [0.4, 0.5) is 0 Å².